The average Bonchev–Trinajstić information content (AvgIpc) is 2.73. The lowest BCUT2D eigenvalue weighted by Crippen LogP contribution is -2.11. The van der Waals surface area contributed by atoms with Crippen LogP contribution in [-0.2, 0) is 6.54 Å². The quantitative estimate of drug-likeness (QED) is 0.862. The molecule has 17 heavy (non-hydrogen) atoms. The summed E-state index contributed by atoms with van der Waals surface area (Å²) >= 11 is 0. The predicted octanol–water partition coefficient (Wildman–Crippen LogP) is 2.52. The van der Waals surface area contributed by atoms with Crippen LogP contribution in [0.5, 0.6) is 0 Å². The molecule has 0 unspecified atom stereocenters. The molecule has 1 N–H and O–H groups in total. The summed E-state index contributed by atoms with van der Waals surface area (Å²) < 4.78 is 0. The van der Waals surface area contributed by atoms with Gasteiger partial charge in [0.2, 0.25) is 0 Å². The van der Waals surface area contributed by atoms with Crippen molar-refractivity contribution in [2.45, 2.75) is 20.4 Å². The van der Waals surface area contributed by atoms with Crippen molar-refractivity contribution in [1.29, 1.82) is 5.26 Å². The average molecular weight is 230 g/mol. The zero-order valence-electron chi connectivity index (χ0n) is 10.8. The maximum Gasteiger partial charge on any atom is 0.138 e. The molecule has 0 saturated heterocycles. The van der Waals surface area contributed by atoms with Crippen molar-refractivity contribution in [2.24, 2.45) is 0 Å². The van der Waals surface area contributed by atoms with E-state index in [4.69, 9.17) is 5.26 Å². The lowest BCUT2D eigenvalue weighted by atomic mass is 10.2. The van der Waals surface area contributed by atoms with E-state index >= 15 is 0 Å². The predicted molar refractivity (Wildman–Crippen MR) is 69.5 cm³/mol. The summed E-state index contributed by atoms with van der Waals surface area (Å²) in [6, 6.07) is 6.02. The number of aromatic nitrogens is 2. The van der Waals surface area contributed by atoms with Crippen molar-refractivity contribution in [1.82, 2.24) is 14.9 Å². The van der Waals surface area contributed by atoms with E-state index in [2.05, 4.69) is 20.9 Å². The van der Waals surface area contributed by atoms with E-state index in [1.807, 2.05) is 40.1 Å². The first-order chi connectivity index (χ1) is 8.20. The van der Waals surface area contributed by atoms with E-state index in [1.54, 1.807) is 6.20 Å². The first-order valence-corrected chi connectivity index (χ1v) is 5.72. The van der Waals surface area contributed by atoms with Gasteiger partial charge in [0.05, 0.1) is 11.3 Å². The van der Waals surface area contributed by atoms with Crippen molar-refractivity contribution in [3.63, 3.8) is 0 Å². The minimum Gasteiger partial charge on any atom is -0.345 e. The maximum absolute atomic E-state index is 8.83. The highest BCUT2D eigenvalue weighted by Crippen LogP contribution is 2.16. The van der Waals surface area contributed by atoms with Gasteiger partial charge in [-0.05, 0) is 26.2 Å². The van der Waals surface area contributed by atoms with Gasteiger partial charge in [-0.3, -0.25) is 0 Å². The van der Waals surface area contributed by atoms with E-state index in [-0.39, 0.29) is 0 Å². The molecule has 90 valence electrons. The number of hydrogen-bond acceptors (Lipinski definition) is 3. The molecule has 0 atom stereocenters. The second-order valence-electron chi connectivity index (χ2n) is 3.75. The molecule has 0 aliphatic heterocycles. The monoisotopic (exact) mass is 230 g/mol. The van der Waals surface area contributed by atoms with Crippen LogP contribution in [-0.4, -0.2) is 29.0 Å². The topological polar surface area (TPSA) is 55.7 Å². The molecule has 4 heteroatoms. The number of aromatic amines is 1. The summed E-state index contributed by atoms with van der Waals surface area (Å²) in [4.78, 5) is 9.49. The van der Waals surface area contributed by atoms with Crippen LogP contribution in [0.4, 0.5) is 0 Å². The van der Waals surface area contributed by atoms with E-state index in [9.17, 15) is 0 Å². The first-order valence-electron chi connectivity index (χ1n) is 5.72. The summed E-state index contributed by atoms with van der Waals surface area (Å²) in [5, 5.41) is 9.72. The lowest BCUT2D eigenvalue weighted by Gasteiger charge is -2.08. The van der Waals surface area contributed by atoms with Crippen LogP contribution in [0.15, 0.2) is 18.3 Å². The molecule has 2 aromatic heterocycles. The minimum atomic E-state index is 0.647. The Hall–Kier alpha value is -1.86. The van der Waals surface area contributed by atoms with Gasteiger partial charge in [-0.25, -0.2) is 4.98 Å². The molecule has 0 spiro atoms. The molecule has 2 rings (SSSR count). The summed E-state index contributed by atoms with van der Waals surface area (Å²) in [6.45, 7) is 4.80. The molecule has 2 heterocycles. The summed E-state index contributed by atoms with van der Waals surface area (Å²) in [5.41, 5.74) is 2.43. The highest BCUT2D eigenvalue weighted by Gasteiger charge is 2.05. The summed E-state index contributed by atoms with van der Waals surface area (Å²) in [6.07, 6.45) is 1.69. The second-order valence-corrected chi connectivity index (χ2v) is 3.75. The number of H-pyrrole nitrogens is 1. The fraction of sp³-hybridized carbons (Fsp3) is 0.385. The van der Waals surface area contributed by atoms with Gasteiger partial charge in [-0.1, -0.05) is 13.8 Å². The van der Waals surface area contributed by atoms with Crippen molar-refractivity contribution in [2.75, 3.05) is 14.1 Å². The number of nitrogens with one attached hydrogen (secondary N) is 1. The molecule has 0 aliphatic rings. The lowest BCUT2D eigenvalue weighted by molar-refractivity contribution is 0.397. The third kappa shape index (κ3) is 3.05. The Morgan fingerprint density at radius 1 is 1.35 bits per heavy atom. The standard InChI is InChI=1S/C11H12N4.C2H6/c1-15(2)7-9-3-4-10-8(5-12)6-13-11(10)14-9;1-2/h3-4,6H,7H2,1-2H3,(H,13,14);1-2H3. The minimum absolute atomic E-state index is 0.647. The van der Waals surface area contributed by atoms with E-state index < -0.39 is 0 Å². The zero-order chi connectivity index (χ0) is 12.8. The third-order valence-corrected chi connectivity index (χ3v) is 2.19. The Labute approximate surface area is 102 Å². The van der Waals surface area contributed by atoms with Crippen LogP contribution in [0, 0.1) is 11.3 Å². The molecule has 4 nitrogen and oxygen atoms in total. The number of nitriles is 1. The van der Waals surface area contributed by atoms with Gasteiger partial charge in [0, 0.05) is 18.1 Å². The molecule has 2 aromatic rings. The molecule has 0 aromatic carbocycles. The Balaban J connectivity index is 0.000000686. The van der Waals surface area contributed by atoms with Gasteiger partial charge in [0.15, 0.2) is 0 Å². The molecule has 0 bridgehead atoms. The number of fused-ring (bicyclic) bond motifs is 1. The maximum atomic E-state index is 8.83. The highest BCUT2D eigenvalue weighted by atomic mass is 15.1. The van der Waals surface area contributed by atoms with Crippen LogP contribution in [0.25, 0.3) is 11.0 Å². The van der Waals surface area contributed by atoms with Crippen LogP contribution in [0.3, 0.4) is 0 Å². The third-order valence-electron chi connectivity index (χ3n) is 2.19. The highest BCUT2D eigenvalue weighted by molar-refractivity contribution is 5.82. The molecule has 0 amide bonds. The summed E-state index contributed by atoms with van der Waals surface area (Å²) in [7, 11) is 4.00. The number of hydrogen-bond donors (Lipinski definition) is 1. The molecule has 0 aliphatic carbocycles. The van der Waals surface area contributed by atoms with Gasteiger partial charge < -0.3 is 9.88 Å². The van der Waals surface area contributed by atoms with Crippen LogP contribution < -0.4 is 0 Å². The smallest absolute Gasteiger partial charge is 0.138 e. The Morgan fingerprint density at radius 3 is 2.65 bits per heavy atom. The van der Waals surface area contributed by atoms with Gasteiger partial charge in [-0.2, -0.15) is 5.26 Å². The zero-order valence-corrected chi connectivity index (χ0v) is 10.8. The fourth-order valence-corrected chi connectivity index (χ4v) is 1.55. The Morgan fingerprint density at radius 2 is 2.06 bits per heavy atom. The molecular weight excluding hydrogens is 212 g/mol. The van der Waals surface area contributed by atoms with E-state index in [0.717, 1.165) is 23.3 Å². The second kappa shape index (κ2) is 6.02. The number of nitrogens with zero attached hydrogens (tertiary/aromatic N) is 3. The summed E-state index contributed by atoms with van der Waals surface area (Å²) in [5.74, 6) is 0. The van der Waals surface area contributed by atoms with E-state index in [1.165, 1.54) is 0 Å². The van der Waals surface area contributed by atoms with Crippen molar-refractivity contribution >= 4 is 11.0 Å². The number of pyridine rings is 1. The van der Waals surface area contributed by atoms with Crippen LogP contribution >= 0.6 is 0 Å². The van der Waals surface area contributed by atoms with Crippen molar-refractivity contribution in [3.8, 4) is 6.07 Å². The van der Waals surface area contributed by atoms with Gasteiger partial charge >= 0.3 is 0 Å². The normalized spacial score (nSPS) is 9.88. The fourth-order valence-electron chi connectivity index (χ4n) is 1.55. The first kappa shape index (κ1) is 13.2. The van der Waals surface area contributed by atoms with Crippen molar-refractivity contribution < 1.29 is 0 Å². The Kier molecular flexibility index (Phi) is 4.68. The van der Waals surface area contributed by atoms with Crippen LogP contribution in [0.2, 0.25) is 0 Å². The molecule has 0 saturated carbocycles. The molecule has 0 fully saturated rings. The van der Waals surface area contributed by atoms with Gasteiger partial charge in [0.1, 0.15) is 11.7 Å². The molecular formula is C13H18N4. The molecule has 0 radical (unpaired) electrons. The Bertz CT molecular complexity index is 520. The van der Waals surface area contributed by atoms with Gasteiger partial charge in [-0.15, -0.1) is 0 Å². The van der Waals surface area contributed by atoms with Crippen LogP contribution in [0.1, 0.15) is 25.1 Å². The largest absolute Gasteiger partial charge is 0.345 e. The van der Waals surface area contributed by atoms with E-state index in [0.29, 0.717) is 5.56 Å². The van der Waals surface area contributed by atoms with Gasteiger partial charge in [0.25, 0.3) is 0 Å². The number of rotatable bonds is 2. The van der Waals surface area contributed by atoms with Crippen molar-refractivity contribution in [3.05, 3.63) is 29.6 Å². The SMILES string of the molecule is CC.CN(C)Cc1ccc2c(C#N)c[nH]c2n1.